The Morgan fingerprint density at radius 3 is 2.81 bits per heavy atom. The minimum atomic E-state index is -1.68. The molecule has 2 aromatic rings. The third-order valence-electron chi connectivity index (χ3n) is 4.40. The average Bonchev–Trinajstić information content (AvgIpc) is 3.17. The van der Waals surface area contributed by atoms with E-state index in [2.05, 4.69) is 10.3 Å². The summed E-state index contributed by atoms with van der Waals surface area (Å²) in [5.74, 6) is -2.12. The van der Waals surface area contributed by atoms with Gasteiger partial charge in [0.15, 0.2) is 0 Å². The van der Waals surface area contributed by atoms with E-state index in [1.54, 1.807) is 5.38 Å². The molecule has 1 aliphatic heterocycles. The molecule has 3 rings (SSSR count). The highest BCUT2D eigenvalue weighted by Gasteiger charge is 2.50. The van der Waals surface area contributed by atoms with Gasteiger partial charge in [0.05, 0.1) is 12.2 Å². The van der Waals surface area contributed by atoms with Crippen LogP contribution in [-0.4, -0.2) is 28.4 Å². The number of halogens is 2. The number of urea groups is 1. The fraction of sp³-hybridized carbons (Fsp3) is 0.389. The molecule has 0 saturated carbocycles. The van der Waals surface area contributed by atoms with E-state index in [0.29, 0.717) is 12.3 Å². The van der Waals surface area contributed by atoms with Crippen molar-refractivity contribution in [1.82, 2.24) is 15.2 Å². The lowest BCUT2D eigenvalue weighted by Crippen LogP contribution is -2.41. The second-order valence-electron chi connectivity index (χ2n) is 6.35. The standard InChI is InChI=1S/C18H19F2N3O3S/c1-4-26-10(2)15-21-12(9-27-15)8-23-16(24)18(3,22-17(23)25)13-7-11(19)5-6-14(13)20/h5-7,9-10H,4,8H2,1-3H3,(H,22,25). The molecule has 1 aliphatic rings. The molecule has 9 heteroatoms. The molecule has 2 atom stereocenters. The molecule has 0 bridgehead atoms. The summed E-state index contributed by atoms with van der Waals surface area (Å²) in [5, 5.41) is 4.94. The maximum Gasteiger partial charge on any atom is 0.325 e. The van der Waals surface area contributed by atoms with Crippen LogP contribution in [0.1, 0.15) is 43.1 Å². The lowest BCUT2D eigenvalue weighted by atomic mass is 9.91. The normalized spacial score (nSPS) is 20.9. The Morgan fingerprint density at radius 2 is 2.11 bits per heavy atom. The van der Waals surface area contributed by atoms with E-state index in [9.17, 15) is 18.4 Å². The molecule has 0 aliphatic carbocycles. The molecule has 1 saturated heterocycles. The Morgan fingerprint density at radius 1 is 1.37 bits per heavy atom. The summed E-state index contributed by atoms with van der Waals surface area (Å²) in [7, 11) is 0. The number of hydrogen-bond donors (Lipinski definition) is 1. The van der Waals surface area contributed by atoms with E-state index in [4.69, 9.17) is 4.74 Å². The molecule has 2 heterocycles. The van der Waals surface area contributed by atoms with Crippen molar-refractivity contribution in [3.8, 4) is 0 Å². The van der Waals surface area contributed by atoms with Crippen molar-refractivity contribution in [2.24, 2.45) is 0 Å². The van der Waals surface area contributed by atoms with E-state index in [-0.39, 0.29) is 18.2 Å². The minimum absolute atomic E-state index is 0.0630. The van der Waals surface area contributed by atoms with Crippen LogP contribution in [0.5, 0.6) is 0 Å². The zero-order chi connectivity index (χ0) is 19.8. The van der Waals surface area contributed by atoms with Crippen LogP contribution < -0.4 is 5.32 Å². The van der Waals surface area contributed by atoms with Gasteiger partial charge in [-0.15, -0.1) is 11.3 Å². The zero-order valence-electron chi connectivity index (χ0n) is 15.1. The first kappa shape index (κ1) is 19.4. The molecule has 3 amide bonds. The van der Waals surface area contributed by atoms with Gasteiger partial charge in [-0.1, -0.05) is 0 Å². The van der Waals surface area contributed by atoms with Crippen molar-refractivity contribution in [1.29, 1.82) is 0 Å². The Labute approximate surface area is 159 Å². The average molecular weight is 395 g/mol. The van der Waals surface area contributed by atoms with Gasteiger partial charge in [0, 0.05) is 17.6 Å². The van der Waals surface area contributed by atoms with Crippen LogP contribution in [-0.2, 0) is 21.6 Å². The van der Waals surface area contributed by atoms with Gasteiger partial charge in [-0.25, -0.2) is 18.6 Å². The smallest absolute Gasteiger partial charge is 0.325 e. The molecule has 144 valence electrons. The number of nitrogens with one attached hydrogen (secondary N) is 1. The Balaban J connectivity index is 1.83. The summed E-state index contributed by atoms with van der Waals surface area (Å²) in [4.78, 5) is 30.6. The number of imide groups is 1. The number of benzene rings is 1. The highest BCUT2D eigenvalue weighted by molar-refractivity contribution is 7.09. The molecule has 0 spiro atoms. The number of nitrogens with zero attached hydrogens (tertiary/aromatic N) is 2. The third-order valence-corrected chi connectivity index (χ3v) is 5.45. The number of hydrogen-bond acceptors (Lipinski definition) is 5. The topological polar surface area (TPSA) is 71.5 Å². The lowest BCUT2D eigenvalue weighted by molar-refractivity contribution is -0.131. The second-order valence-corrected chi connectivity index (χ2v) is 7.23. The SMILES string of the molecule is CCOC(C)c1nc(CN2C(=O)NC(C)(c3cc(F)ccc3F)C2=O)cs1. The summed E-state index contributed by atoms with van der Waals surface area (Å²) in [6, 6.07) is 2.12. The lowest BCUT2D eigenvalue weighted by Gasteiger charge is -2.22. The monoisotopic (exact) mass is 395 g/mol. The fourth-order valence-corrected chi connectivity index (χ4v) is 3.78. The van der Waals surface area contributed by atoms with Gasteiger partial charge in [-0.2, -0.15) is 0 Å². The third kappa shape index (κ3) is 3.57. The van der Waals surface area contributed by atoms with Crippen LogP contribution in [0.2, 0.25) is 0 Å². The Bertz CT molecular complexity index is 888. The number of carbonyl (C=O) groups is 2. The second kappa shape index (κ2) is 7.32. The van der Waals surface area contributed by atoms with Gasteiger partial charge >= 0.3 is 6.03 Å². The first-order valence-corrected chi connectivity index (χ1v) is 9.29. The van der Waals surface area contributed by atoms with Gasteiger partial charge < -0.3 is 10.1 Å². The van der Waals surface area contributed by atoms with Gasteiger partial charge in [-0.3, -0.25) is 9.69 Å². The summed E-state index contributed by atoms with van der Waals surface area (Å²) < 4.78 is 33.2. The van der Waals surface area contributed by atoms with Crippen LogP contribution in [0.15, 0.2) is 23.6 Å². The molecule has 0 radical (unpaired) electrons. The summed E-state index contributed by atoms with van der Waals surface area (Å²) >= 11 is 1.37. The van der Waals surface area contributed by atoms with Crippen LogP contribution in [0, 0.1) is 11.6 Å². The Kier molecular flexibility index (Phi) is 5.25. The number of ether oxygens (including phenoxy) is 1. The predicted octanol–water partition coefficient (Wildman–Crippen LogP) is 3.49. The van der Waals surface area contributed by atoms with E-state index in [1.165, 1.54) is 18.3 Å². The molecular weight excluding hydrogens is 376 g/mol. The first-order chi connectivity index (χ1) is 12.8. The summed E-state index contributed by atoms with van der Waals surface area (Å²) in [6.07, 6.45) is -0.191. The van der Waals surface area contributed by atoms with E-state index in [1.807, 2.05) is 13.8 Å². The molecule has 6 nitrogen and oxygen atoms in total. The molecule has 27 heavy (non-hydrogen) atoms. The maximum absolute atomic E-state index is 14.2. The van der Waals surface area contributed by atoms with Gasteiger partial charge in [0.25, 0.3) is 5.91 Å². The van der Waals surface area contributed by atoms with Gasteiger partial charge in [0.2, 0.25) is 0 Å². The number of aromatic nitrogens is 1. The Hall–Kier alpha value is -2.39. The van der Waals surface area contributed by atoms with Crippen molar-refractivity contribution in [3.63, 3.8) is 0 Å². The number of amides is 3. The van der Waals surface area contributed by atoms with Gasteiger partial charge in [0.1, 0.15) is 28.3 Å². The first-order valence-electron chi connectivity index (χ1n) is 8.41. The molecule has 2 unspecified atom stereocenters. The van der Waals surface area contributed by atoms with Crippen LogP contribution >= 0.6 is 11.3 Å². The highest BCUT2D eigenvalue weighted by Crippen LogP contribution is 2.32. The van der Waals surface area contributed by atoms with E-state index >= 15 is 0 Å². The zero-order valence-corrected chi connectivity index (χ0v) is 15.9. The number of carbonyl (C=O) groups excluding carboxylic acids is 2. The maximum atomic E-state index is 14.2. The van der Waals surface area contributed by atoms with Crippen LogP contribution in [0.25, 0.3) is 0 Å². The molecule has 1 fully saturated rings. The van der Waals surface area contributed by atoms with E-state index in [0.717, 1.165) is 28.1 Å². The summed E-state index contributed by atoms with van der Waals surface area (Å²) in [6.45, 7) is 5.58. The number of thiazole rings is 1. The quantitative estimate of drug-likeness (QED) is 0.760. The minimum Gasteiger partial charge on any atom is -0.372 e. The molecule has 1 N–H and O–H groups in total. The van der Waals surface area contributed by atoms with Crippen molar-refractivity contribution in [2.45, 2.75) is 39.0 Å². The highest BCUT2D eigenvalue weighted by atomic mass is 32.1. The van der Waals surface area contributed by atoms with Crippen molar-refractivity contribution in [3.05, 3.63) is 51.5 Å². The molecule has 1 aromatic heterocycles. The van der Waals surface area contributed by atoms with Crippen LogP contribution in [0.4, 0.5) is 13.6 Å². The predicted molar refractivity (Wildman–Crippen MR) is 94.9 cm³/mol. The van der Waals surface area contributed by atoms with Crippen LogP contribution in [0.3, 0.4) is 0 Å². The van der Waals surface area contributed by atoms with E-state index < -0.39 is 29.1 Å². The molecular formula is C18H19F2N3O3S. The van der Waals surface area contributed by atoms with Crippen molar-refractivity contribution < 1.29 is 23.1 Å². The molecule has 1 aromatic carbocycles. The number of rotatable bonds is 6. The summed E-state index contributed by atoms with van der Waals surface area (Å²) in [5.41, 5.74) is -1.37. The van der Waals surface area contributed by atoms with Gasteiger partial charge in [-0.05, 0) is 39.0 Å². The fourth-order valence-electron chi connectivity index (χ4n) is 2.97. The van der Waals surface area contributed by atoms with Crippen molar-refractivity contribution in [2.75, 3.05) is 6.61 Å². The van der Waals surface area contributed by atoms with Crippen molar-refractivity contribution >= 4 is 23.3 Å². The largest absolute Gasteiger partial charge is 0.372 e.